The Morgan fingerprint density at radius 2 is 1.93 bits per heavy atom. The van der Waals surface area contributed by atoms with Crippen molar-refractivity contribution in [3.05, 3.63) is 46.0 Å². The van der Waals surface area contributed by atoms with Gasteiger partial charge in [-0.1, -0.05) is 41.4 Å². The maximum absolute atomic E-state index is 6.09. The van der Waals surface area contributed by atoms with Crippen LogP contribution < -0.4 is 5.32 Å². The number of hydrogen-bond acceptors (Lipinski definition) is 1. The molecule has 3 heteroatoms. The summed E-state index contributed by atoms with van der Waals surface area (Å²) in [6, 6.07) is 5.77. The average Bonchev–Trinajstić information content (AvgIpc) is 2.17. The first-order valence-corrected chi connectivity index (χ1v) is 5.57. The molecular weight excluding hydrogens is 229 g/mol. The number of benzene rings is 1. The molecule has 0 aromatic heterocycles. The van der Waals surface area contributed by atoms with Gasteiger partial charge in [-0.15, -0.1) is 0 Å². The van der Waals surface area contributed by atoms with E-state index >= 15 is 0 Å². The number of rotatable bonds is 4. The summed E-state index contributed by atoms with van der Waals surface area (Å²) in [5, 5.41) is 4.61. The lowest BCUT2D eigenvalue weighted by molar-refractivity contribution is 0.634. The Balaban J connectivity index is 2.92. The maximum atomic E-state index is 6.09. The lowest BCUT2D eigenvalue weighted by Crippen LogP contribution is -2.28. The van der Waals surface area contributed by atoms with Crippen molar-refractivity contribution in [3.63, 3.8) is 0 Å². The van der Waals surface area contributed by atoms with Crippen LogP contribution in [-0.2, 0) is 6.42 Å². The molecule has 0 aliphatic rings. The van der Waals surface area contributed by atoms with E-state index in [1.54, 1.807) is 0 Å². The Kier molecular flexibility index (Phi) is 4.65. The molecule has 1 N–H and O–H groups in total. The summed E-state index contributed by atoms with van der Waals surface area (Å²) in [6.07, 6.45) is 0.768. The molecule has 0 aliphatic heterocycles. The van der Waals surface area contributed by atoms with Gasteiger partial charge in [0.25, 0.3) is 0 Å². The predicted octanol–water partition coefficient (Wildman–Crippen LogP) is 3.70. The standard InChI is InChI=1S/C12H15Cl2N/c1-8(2)12(15-3)7-9-10(13)5-4-6-11(9)14/h4-6,12,15H,1,7H2,2-3H3. The molecule has 0 radical (unpaired) electrons. The topological polar surface area (TPSA) is 12.0 Å². The van der Waals surface area contributed by atoms with E-state index in [0.717, 1.165) is 17.6 Å². The van der Waals surface area contributed by atoms with Crippen molar-refractivity contribution < 1.29 is 0 Å². The molecule has 0 heterocycles. The van der Waals surface area contributed by atoms with Crippen LogP contribution in [0.25, 0.3) is 0 Å². The zero-order valence-corrected chi connectivity index (χ0v) is 10.5. The first-order valence-electron chi connectivity index (χ1n) is 4.81. The van der Waals surface area contributed by atoms with E-state index in [2.05, 4.69) is 11.9 Å². The molecular formula is C12H15Cl2N. The SMILES string of the molecule is C=C(C)C(Cc1c(Cl)cccc1Cl)NC. The molecule has 1 unspecified atom stereocenters. The van der Waals surface area contributed by atoms with Crippen molar-refractivity contribution in [2.24, 2.45) is 0 Å². The third-order valence-corrected chi connectivity index (χ3v) is 3.12. The van der Waals surface area contributed by atoms with E-state index in [9.17, 15) is 0 Å². The molecule has 0 amide bonds. The Hall–Kier alpha value is -0.500. The highest BCUT2D eigenvalue weighted by Gasteiger charge is 2.12. The fourth-order valence-corrected chi connectivity index (χ4v) is 2.01. The number of likely N-dealkylation sites (N-methyl/N-ethyl adjacent to an activating group) is 1. The minimum absolute atomic E-state index is 0.211. The summed E-state index contributed by atoms with van der Waals surface area (Å²) < 4.78 is 0. The van der Waals surface area contributed by atoms with Crippen LogP contribution in [0.1, 0.15) is 12.5 Å². The quantitative estimate of drug-likeness (QED) is 0.796. The summed E-state index contributed by atoms with van der Waals surface area (Å²) in [5.74, 6) is 0. The third kappa shape index (κ3) is 3.23. The Labute approximate surface area is 101 Å². The number of nitrogens with one attached hydrogen (secondary N) is 1. The molecule has 0 saturated heterocycles. The second kappa shape index (κ2) is 5.55. The molecule has 0 aliphatic carbocycles. The highest BCUT2D eigenvalue weighted by Crippen LogP contribution is 2.26. The fourth-order valence-electron chi connectivity index (χ4n) is 1.45. The lowest BCUT2D eigenvalue weighted by Gasteiger charge is -2.17. The van der Waals surface area contributed by atoms with E-state index < -0.39 is 0 Å². The van der Waals surface area contributed by atoms with E-state index in [0.29, 0.717) is 10.0 Å². The van der Waals surface area contributed by atoms with Gasteiger partial charge in [-0.3, -0.25) is 0 Å². The second-order valence-corrected chi connectivity index (χ2v) is 4.41. The van der Waals surface area contributed by atoms with Gasteiger partial charge in [0, 0.05) is 16.1 Å². The monoisotopic (exact) mass is 243 g/mol. The fraction of sp³-hybridized carbons (Fsp3) is 0.333. The van der Waals surface area contributed by atoms with E-state index in [4.69, 9.17) is 23.2 Å². The highest BCUT2D eigenvalue weighted by atomic mass is 35.5. The number of halogens is 2. The summed E-state index contributed by atoms with van der Waals surface area (Å²) in [5.41, 5.74) is 2.05. The van der Waals surface area contributed by atoms with E-state index in [-0.39, 0.29) is 6.04 Å². The van der Waals surface area contributed by atoms with Gasteiger partial charge in [0.15, 0.2) is 0 Å². The van der Waals surface area contributed by atoms with Gasteiger partial charge in [-0.25, -0.2) is 0 Å². The Bertz CT molecular complexity index is 340. The summed E-state index contributed by atoms with van der Waals surface area (Å²) in [4.78, 5) is 0. The van der Waals surface area contributed by atoms with Crippen LogP contribution in [0.15, 0.2) is 30.4 Å². The zero-order valence-electron chi connectivity index (χ0n) is 8.98. The van der Waals surface area contributed by atoms with Crippen LogP contribution in [-0.4, -0.2) is 13.1 Å². The van der Waals surface area contributed by atoms with Crippen molar-refractivity contribution in [3.8, 4) is 0 Å². The van der Waals surface area contributed by atoms with Gasteiger partial charge >= 0.3 is 0 Å². The summed E-state index contributed by atoms with van der Waals surface area (Å²) >= 11 is 12.2. The first-order chi connectivity index (χ1) is 7.06. The van der Waals surface area contributed by atoms with Gasteiger partial charge in [0.05, 0.1) is 0 Å². The van der Waals surface area contributed by atoms with E-state index in [1.807, 2.05) is 32.2 Å². The van der Waals surface area contributed by atoms with Crippen LogP contribution in [0, 0.1) is 0 Å². The molecule has 1 nitrogen and oxygen atoms in total. The zero-order chi connectivity index (χ0) is 11.4. The van der Waals surface area contributed by atoms with Crippen LogP contribution in [0.4, 0.5) is 0 Å². The molecule has 82 valence electrons. The molecule has 1 atom stereocenters. The first kappa shape index (κ1) is 12.6. The Morgan fingerprint density at radius 1 is 1.40 bits per heavy atom. The summed E-state index contributed by atoms with van der Waals surface area (Å²) in [6.45, 7) is 5.93. The molecule has 0 bridgehead atoms. The molecule has 1 aromatic rings. The lowest BCUT2D eigenvalue weighted by atomic mass is 10.0. The number of hydrogen-bond donors (Lipinski definition) is 1. The van der Waals surface area contributed by atoms with Crippen molar-refractivity contribution >= 4 is 23.2 Å². The van der Waals surface area contributed by atoms with Gasteiger partial charge in [0.1, 0.15) is 0 Å². The van der Waals surface area contributed by atoms with Crippen LogP contribution in [0.3, 0.4) is 0 Å². The van der Waals surface area contributed by atoms with E-state index in [1.165, 1.54) is 0 Å². The van der Waals surface area contributed by atoms with Gasteiger partial charge in [-0.2, -0.15) is 0 Å². The van der Waals surface area contributed by atoms with Gasteiger partial charge in [-0.05, 0) is 38.1 Å². The minimum Gasteiger partial charge on any atom is -0.313 e. The molecule has 0 saturated carbocycles. The predicted molar refractivity (Wildman–Crippen MR) is 67.8 cm³/mol. The average molecular weight is 244 g/mol. The van der Waals surface area contributed by atoms with Crippen LogP contribution >= 0.6 is 23.2 Å². The van der Waals surface area contributed by atoms with Crippen molar-refractivity contribution in [1.29, 1.82) is 0 Å². The van der Waals surface area contributed by atoms with Gasteiger partial charge < -0.3 is 5.32 Å². The smallest absolute Gasteiger partial charge is 0.0453 e. The largest absolute Gasteiger partial charge is 0.313 e. The third-order valence-electron chi connectivity index (χ3n) is 2.41. The minimum atomic E-state index is 0.211. The molecule has 0 spiro atoms. The molecule has 15 heavy (non-hydrogen) atoms. The molecule has 1 aromatic carbocycles. The van der Waals surface area contributed by atoms with Crippen LogP contribution in [0.2, 0.25) is 10.0 Å². The second-order valence-electron chi connectivity index (χ2n) is 3.59. The van der Waals surface area contributed by atoms with Crippen LogP contribution in [0.5, 0.6) is 0 Å². The van der Waals surface area contributed by atoms with Crippen molar-refractivity contribution in [2.75, 3.05) is 7.05 Å². The van der Waals surface area contributed by atoms with Crippen molar-refractivity contribution in [2.45, 2.75) is 19.4 Å². The van der Waals surface area contributed by atoms with Gasteiger partial charge in [0.2, 0.25) is 0 Å². The normalized spacial score (nSPS) is 12.5. The molecule has 0 fully saturated rings. The maximum Gasteiger partial charge on any atom is 0.0453 e. The molecule has 1 rings (SSSR count). The van der Waals surface area contributed by atoms with Crippen molar-refractivity contribution in [1.82, 2.24) is 5.32 Å². The Morgan fingerprint density at radius 3 is 2.33 bits per heavy atom. The summed E-state index contributed by atoms with van der Waals surface area (Å²) in [7, 11) is 1.91. The highest BCUT2D eigenvalue weighted by molar-refractivity contribution is 6.36.